The van der Waals surface area contributed by atoms with E-state index in [2.05, 4.69) is 21.7 Å². The lowest BCUT2D eigenvalue weighted by Crippen LogP contribution is -2.27. The third-order valence-corrected chi connectivity index (χ3v) is 4.85. The molecule has 0 aliphatic carbocycles. The Morgan fingerprint density at radius 1 is 1.26 bits per heavy atom. The Hall–Kier alpha value is -3.83. The van der Waals surface area contributed by atoms with Gasteiger partial charge >= 0.3 is 5.97 Å². The monoisotopic (exact) mass is 438 g/mol. The molecule has 0 radical (unpaired) electrons. The zero-order valence-electron chi connectivity index (χ0n) is 16.6. The molecule has 1 aromatic heterocycles. The van der Waals surface area contributed by atoms with E-state index >= 15 is 0 Å². The number of nitrogens with zero attached hydrogens (tertiary/aromatic N) is 2. The van der Waals surface area contributed by atoms with Crippen molar-refractivity contribution >= 4 is 40.1 Å². The zero-order valence-corrected chi connectivity index (χ0v) is 17.4. The van der Waals surface area contributed by atoms with Crippen LogP contribution in [0.3, 0.4) is 0 Å². The fourth-order valence-electron chi connectivity index (χ4n) is 3.01. The van der Waals surface area contributed by atoms with Gasteiger partial charge in [-0.1, -0.05) is 17.7 Å². The van der Waals surface area contributed by atoms with Crippen molar-refractivity contribution in [3.63, 3.8) is 0 Å². The quantitative estimate of drug-likeness (QED) is 0.490. The lowest BCUT2D eigenvalue weighted by molar-refractivity contribution is -0.136. The Balaban J connectivity index is 1.96. The minimum absolute atomic E-state index is 0.0159. The van der Waals surface area contributed by atoms with Gasteiger partial charge in [-0.2, -0.15) is 5.26 Å². The number of nitrogens with one attached hydrogen (secondary N) is 2. The number of carboxylic acid groups (broad SMARTS) is 1. The summed E-state index contributed by atoms with van der Waals surface area (Å²) in [5, 5.41) is 25.0. The lowest BCUT2D eigenvalue weighted by Gasteiger charge is -2.15. The molecule has 0 atom stereocenters. The molecule has 0 unspecified atom stereocenters. The highest BCUT2D eigenvalue weighted by molar-refractivity contribution is 6.32. The van der Waals surface area contributed by atoms with Crippen LogP contribution in [0.15, 0.2) is 42.6 Å². The van der Waals surface area contributed by atoms with Crippen LogP contribution in [-0.2, 0) is 11.3 Å². The molecule has 0 fully saturated rings. The first-order valence-electron chi connectivity index (χ1n) is 9.32. The summed E-state index contributed by atoms with van der Waals surface area (Å²) < 4.78 is 5.16. The van der Waals surface area contributed by atoms with E-state index in [1.165, 1.54) is 13.3 Å². The van der Waals surface area contributed by atoms with Gasteiger partial charge in [0, 0.05) is 24.7 Å². The Morgan fingerprint density at radius 2 is 2.06 bits per heavy atom. The average Bonchev–Trinajstić information content (AvgIpc) is 2.76. The van der Waals surface area contributed by atoms with Crippen LogP contribution in [0.4, 0.5) is 5.69 Å². The third kappa shape index (κ3) is 5.21. The summed E-state index contributed by atoms with van der Waals surface area (Å²) >= 11 is 6.20. The largest absolute Gasteiger partial charge is 0.495 e. The number of hydrogen-bond acceptors (Lipinski definition) is 6. The molecule has 0 aliphatic heterocycles. The van der Waals surface area contributed by atoms with Gasteiger partial charge in [0.2, 0.25) is 0 Å². The third-order valence-electron chi connectivity index (χ3n) is 4.55. The number of aromatic nitrogens is 1. The van der Waals surface area contributed by atoms with Gasteiger partial charge in [-0.3, -0.25) is 14.6 Å². The highest BCUT2D eigenvalue weighted by Crippen LogP contribution is 2.29. The van der Waals surface area contributed by atoms with Gasteiger partial charge in [0.25, 0.3) is 5.91 Å². The number of nitriles is 1. The van der Waals surface area contributed by atoms with Gasteiger partial charge in [-0.05, 0) is 35.9 Å². The fourth-order valence-corrected chi connectivity index (χ4v) is 3.29. The van der Waals surface area contributed by atoms with Gasteiger partial charge < -0.3 is 20.5 Å². The van der Waals surface area contributed by atoms with Crippen LogP contribution < -0.4 is 15.4 Å². The van der Waals surface area contributed by atoms with Crippen molar-refractivity contribution < 1.29 is 19.4 Å². The summed E-state index contributed by atoms with van der Waals surface area (Å²) in [4.78, 5) is 27.8. The van der Waals surface area contributed by atoms with Crippen molar-refractivity contribution in [3.05, 3.63) is 64.3 Å². The Labute approximate surface area is 183 Å². The first kappa shape index (κ1) is 21.9. The number of hydrogen-bond donors (Lipinski definition) is 3. The van der Waals surface area contributed by atoms with Crippen molar-refractivity contribution in [2.45, 2.75) is 13.0 Å². The average molecular weight is 439 g/mol. The molecule has 1 heterocycles. The number of halogens is 1. The van der Waals surface area contributed by atoms with Crippen LogP contribution in [0.25, 0.3) is 10.9 Å². The molecule has 9 heteroatoms. The second-order valence-electron chi connectivity index (χ2n) is 6.61. The van der Waals surface area contributed by atoms with Gasteiger partial charge in [-0.15, -0.1) is 0 Å². The highest BCUT2D eigenvalue weighted by Gasteiger charge is 2.16. The number of amides is 1. The van der Waals surface area contributed by atoms with Crippen LogP contribution in [0.2, 0.25) is 5.02 Å². The topological polar surface area (TPSA) is 124 Å². The molecule has 8 nitrogen and oxygen atoms in total. The number of carbonyl (C=O) groups is 2. The minimum atomic E-state index is -1.01. The smallest absolute Gasteiger partial charge is 0.305 e. The van der Waals surface area contributed by atoms with E-state index in [1.807, 2.05) is 6.07 Å². The standard InChI is InChI=1S/C22H19ClN4O4/c1-31-19-5-3-14(9-17(19)23)11-27-21-15-8-13(10-24)2-4-18(15)26-12-16(21)22(30)25-7-6-20(28)29/h2-5,8-9,12H,6-7,11H2,1H3,(H,25,30)(H,26,27)(H,28,29). The second kappa shape index (κ2) is 9.78. The van der Waals surface area contributed by atoms with E-state index in [-0.39, 0.29) is 18.5 Å². The molecule has 2 aromatic carbocycles. The van der Waals surface area contributed by atoms with Gasteiger partial charge in [-0.25, -0.2) is 0 Å². The number of carbonyl (C=O) groups excluding carboxylic acids is 1. The van der Waals surface area contributed by atoms with Crippen LogP contribution in [0.5, 0.6) is 5.75 Å². The fraction of sp³-hybridized carbons (Fsp3) is 0.182. The molecular formula is C22H19ClN4O4. The number of rotatable bonds is 8. The molecule has 31 heavy (non-hydrogen) atoms. The summed E-state index contributed by atoms with van der Waals surface area (Å²) in [5.41, 5.74) is 2.61. The predicted molar refractivity (Wildman–Crippen MR) is 116 cm³/mol. The highest BCUT2D eigenvalue weighted by atomic mass is 35.5. The minimum Gasteiger partial charge on any atom is -0.495 e. The number of ether oxygens (including phenoxy) is 1. The molecule has 3 aromatic rings. The first-order chi connectivity index (χ1) is 14.9. The Kier molecular flexibility index (Phi) is 6.90. The second-order valence-corrected chi connectivity index (χ2v) is 7.02. The summed E-state index contributed by atoms with van der Waals surface area (Å²) in [6, 6.07) is 12.4. The van der Waals surface area contributed by atoms with Gasteiger partial charge in [0.1, 0.15) is 5.75 Å². The maximum Gasteiger partial charge on any atom is 0.305 e. The lowest BCUT2D eigenvalue weighted by atomic mass is 10.1. The van der Waals surface area contributed by atoms with E-state index < -0.39 is 11.9 Å². The van der Waals surface area contributed by atoms with Crippen LogP contribution in [-0.4, -0.2) is 35.6 Å². The number of anilines is 1. The summed E-state index contributed by atoms with van der Waals surface area (Å²) in [6.07, 6.45) is 1.23. The van der Waals surface area contributed by atoms with E-state index in [0.29, 0.717) is 39.5 Å². The SMILES string of the molecule is COc1ccc(CNc2c(C(=O)NCCC(=O)O)cnc3ccc(C#N)cc23)cc1Cl. The van der Waals surface area contributed by atoms with Crippen molar-refractivity contribution in [3.8, 4) is 11.8 Å². The first-order valence-corrected chi connectivity index (χ1v) is 9.70. The van der Waals surface area contributed by atoms with Gasteiger partial charge in [0.15, 0.2) is 0 Å². The summed E-state index contributed by atoms with van der Waals surface area (Å²) in [7, 11) is 1.53. The Morgan fingerprint density at radius 3 is 2.74 bits per heavy atom. The van der Waals surface area contributed by atoms with E-state index in [9.17, 15) is 14.9 Å². The maximum atomic E-state index is 12.7. The summed E-state index contributed by atoms with van der Waals surface area (Å²) in [6.45, 7) is 0.326. The van der Waals surface area contributed by atoms with E-state index in [4.69, 9.17) is 21.4 Å². The molecule has 0 spiro atoms. The van der Waals surface area contributed by atoms with Crippen molar-refractivity contribution in [1.29, 1.82) is 5.26 Å². The Bertz CT molecular complexity index is 1190. The number of aliphatic carboxylic acids is 1. The molecule has 158 valence electrons. The van der Waals surface area contributed by atoms with Crippen LogP contribution >= 0.6 is 11.6 Å². The number of methoxy groups -OCH3 is 1. The molecule has 3 rings (SSSR count). The van der Waals surface area contributed by atoms with Crippen molar-refractivity contribution in [1.82, 2.24) is 10.3 Å². The normalized spacial score (nSPS) is 10.4. The van der Waals surface area contributed by atoms with Crippen molar-refractivity contribution in [2.75, 3.05) is 19.0 Å². The molecule has 0 saturated carbocycles. The zero-order chi connectivity index (χ0) is 22.4. The van der Waals surface area contributed by atoms with E-state index in [1.54, 1.807) is 30.3 Å². The number of pyridine rings is 1. The number of benzene rings is 2. The number of carboxylic acids is 1. The molecule has 0 aliphatic rings. The van der Waals surface area contributed by atoms with Crippen LogP contribution in [0, 0.1) is 11.3 Å². The molecule has 0 bridgehead atoms. The maximum absolute atomic E-state index is 12.7. The predicted octanol–water partition coefficient (Wildman–Crippen LogP) is 3.59. The van der Waals surface area contributed by atoms with Gasteiger partial charge in [0.05, 0.1) is 47.0 Å². The molecule has 3 N–H and O–H groups in total. The summed E-state index contributed by atoms with van der Waals surface area (Å²) in [5.74, 6) is -0.921. The van der Waals surface area contributed by atoms with Crippen molar-refractivity contribution in [2.24, 2.45) is 0 Å². The van der Waals surface area contributed by atoms with E-state index in [0.717, 1.165) is 5.56 Å². The molecular weight excluding hydrogens is 420 g/mol. The molecule has 0 saturated heterocycles. The molecule has 1 amide bonds. The number of fused-ring (bicyclic) bond motifs is 1. The van der Waals surface area contributed by atoms with Crippen LogP contribution in [0.1, 0.15) is 27.9 Å².